The first-order valence-electron chi connectivity index (χ1n) is 4.53. The number of carbonyl (C=O) groups is 1. The van der Waals surface area contributed by atoms with Crippen LogP contribution in [0, 0.1) is 0 Å². The number of nitrogens with zero attached hydrogens (tertiary/aromatic N) is 1. The normalized spacial score (nSPS) is 8.23. The van der Waals surface area contributed by atoms with Crippen LogP contribution in [0.15, 0.2) is 24.5 Å². The monoisotopic (exact) mass is 180 g/mol. The van der Waals surface area contributed by atoms with E-state index >= 15 is 0 Å². The fourth-order valence-electron chi connectivity index (χ4n) is 0.685. The first kappa shape index (κ1) is 11.6. The summed E-state index contributed by atoms with van der Waals surface area (Å²) in [6.07, 6.45) is 3.79. The number of hydrogen-bond acceptors (Lipinski definition) is 2. The van der Waals surface area contributed by atoms with Gasteiger partial charge in [0.05, 0.1) is 0 Å². The van der Waals surface area contributed by atoms with E-state index in [9.17, 15) is 4.79 Å². The van der Waals surface area contributed by atoms with Crippen LogP contribution < -0.4 is 5.32 Å². The number of hydrogen-bond donors (Lipinski definition) is 1. The van der Waals surface area contributed by atoms with Gasteiger partial charge in [-0.1, -0.05) is 20.8 Å². The van der Waals surface area contributed by atoms with Crippen molar-refractivity contribution < 1.29 is 4.79 Å². The summed E-state index contributed by atoms with van der Waals surface area (Å²) in [5.41, 5.74) is 0.798. The predicted molar refractivity (Wildman–Crippen MR) is 54.5 cm³/mol. The number of anilines is 1. The minimum Gasteiger partial charge on any atom is -0.326 e. The van der Waals surface area contributed by atoms with Crippen molar-refractivity contribution in [2.75, 3.05) is 5.32 Å². The van der Waals surface area contributed by atoms with E-state index in [1.807, 2.05) is 20.8 Å². The average Bonchev–Trinajstić information content (AvgIpc) is 2.22. The van der Waals surface area contributed by atoms with E-state index < -0.39 is 0 Å². The summed E-state index contributed by atoms with van der Waals surface area (Å²) in [7, 11) is 0. The minimum absolute atomic E-state index is 0.0243. The van der Waals surface area contributed by atoms with Crippen molar-refractivity contribution in [3.63, 3.8) is 0 Å². The number of pyridine rings is 1. The molecule has 0 unspecified atom stereocenters. The van der Waals surface area contributed by atoms with Gasteiger partial charge in [0.2, 0.25) is 5.91 Å². The highest BCUT2D eigenvalue weighted by molar-refractivity contribution is 5.90. The van der Waals surface area contributed by atoms with Gasteiger partial charge in [0.25, 0.3) is 0 Å². The Hall–Kier alpha value is -1.38. The second-order valence-electron chi connectivity index (χ2n) is 2.14. The van der Waals surface area contributed by atoms with E-state index in [1.165, 1.54) is 0 Å². The summed E-state index contributed by atoms with van der Waals surface area (Å²) in [6, 6.07) is 3.52. The standard InChI is InChI=1S/C8H10N2O.C2H6/c1-2-8(11)10-7-3-5-9-6-4-7;1-2/h3-6H,2H2,1H3,(H,9,10,11);1-2H3. The summed E-state index contributed by atoms with van der Waals surface area (Å²) in [6.45, 7) is 5.82. The number of carbonyl (C=O) groups excluding carboxylic acids is 1. The molecule has 1 rings (SSSR count). The molecule has 0 radical (unpaired) electrons. The molecule has 72 valence electrons. The summed E-state index contributed by atoms with van der Waals surface area (Å²) >= 11 is 0. The van der Waals surface area contributed by atoms with Crippen LogP contribution >= 0.6 is 0 Å². The molecule has 0 saturated heterocycles. The Morgan fingerprint density at radius 3 is 2.38 bits per heavy atom. The Kier molecular flexibility index (Phi) is 6.51. The molecule has 1 aromatic rings. The van der Waals surface area contributed by atoms with Crippen LogP contribution in [0.2, 0.25) is 0 Å². The van der Waals surface area contributed by atoms with Gasteiger partial charge in [-0.2, -0.15) is 0 Å². The first-order valence-corrected chi connectivity index (χ1v) is 4.53. The van der Waals surface area contributed by atoms with Gasteiger partial charge in [0, 0.05) is 24.5 Å². The Morgan fingerprint density at radius 1 is 1.38 bits per heavy atom. The third-order valence-electron chi connectivity index (χ3n) is 1.29. The highest BCUT2D eigenvalue weighted by Gasteiger charge is 1.95. The lowest BCUT2D eigenvalue weighted by atomic mass is 10.4. The van der Waals surface area contributed by atoms with E-state index in [4.69, 9.17) is 0 Å². The molecule has 3 nitrogen and oxygen atoms in total. The van der Waals surface area contributed by atoms with Gasteiger partial charge < -0.3 is 5.32 Å². The second kappa shape index (κ2) is 7.28. The molecule has 13 heavy (non-hydrogen) atoms. The summed E-state index contributed by atoms with van der Waals surface area (Å²) in [5, 5.41) is 2.71. The van der Waals surface area contributed by atoms with Gasteiger partial charge in [0.1, 0.15) is 0 Å². The topological polar surface area (TPSA) is 42.0 Å². The lowest BCUT2D eigenvalue weighted by Crippen LogP contribution is -2.08. The molecule has 1 heterocycles. The SMILES string of the molecule is CC.CCC(=O)Nc1ccncc1. The van der Waals surface area contributed by atoms with Gasteiger partial charge in [-0.3, -0.25) is 9.78 Å². The van der Waals surface area contributed by atoms with Crippen molar-refractivity contribution in [2.24, 2.45) is 0 Å². The van der Waals surface area contributed by atoms with Crippen molar-refractivity contribution >= 4 is 11.6 Å². The van der Waals surface area contributed by atoms with Gasteiger partial charge in [-0.15, -0.1) is 0 Å². The third kappa shape index (κ3) is 4.95. The van der Waals surface area contributed by atoms with Crippen LogP contribution in [-0.2, 0) is 4.79 Å². The Labute approximate surface area is 79.2 Å². The molecule has 0 atom stereocenters. The van der Waals surface area contributed by atoms with Crippen molar-refractivity contribution in [3.8, 4) is 0 Å². The van der Waals surface area contributed by atoms with Crippen LogP contribution in [0.3, 0.4) is 0 Å². The quantitative estimate of drug-likeness (QED) is 0.759. The van der Waals surface area contributed by atoms with Crippen LogP contribution in [0.1, 0.15) is 27.2 Å². The molecule has 0 bridgehead atoms. The van der Waals surface area contributed by atoms with Gasteiger partial charge in [0.15, 0.2) is 0 Å². The highest BCUT2D eigenvalue weighted by Crippen LogP contribution is 2.02. The molecular formula is C10H16N2O. The molecule has 0 aliphatic heterocycles. The molecule has 1 amide bonds. The van der Waals surface area contributed by atoms with E-state index in [2.05, 4.69) is 10.3 Å². The molecule has 0 aliphatic carbocycles. The first-order chi connectivity index (χ1) is 6.33. The molecular weight excluding hydrogens is 164 g/mol. The fraction of sp³-hybridized carbons (Fsp3) is 0.400. The molecule has 1 aromatic heterocycles. The Bertz CT molecular complexity index is 234. The van der Waals surface area contributed by atoms with E-state index in [1.54, 1.807) is 24.5 Å². The van der Waals surface area contributed by atoms with E-state index in [-0.39, 0.29) is 5.91 Å². The van der Waals surface area contributed by atoms with E-state index in [0.717, 1.165) is 5.69 Å². The summed E-state index contributed by atoms with van der Waals surface area (Å²) < 4.78 is 0. The average molecular weight is 180 g/mol. The third-order valence-corrected chi connectivity index (χ3v) is 1.29. The van der Waals surface area contributed by atoms with Gasteiger partial charge in [-0.25, -0.2) is 0 Å². The van der Waals surface area contributed by atoms with Crippen molar-refractivity contribution in [2.45, 2.75) is 27.2 Å². The number of aromatic nitrogens is 1. The number of rotatable bonds is 2. The van der Waals surface area contributed by atoms with Crippen molar-refractivity contribution in [3.05, 3.63) is 24.5 Å². The van der Waals surface area contributed by atoms with Gasteiger partial charge >= 0.3 is 0 Å². The number of nitrogens with one attached hydrogen (secondary N) is 1. The Balaban J connectivity index is 0.000000671. The maximum absolute atomic E-state index is 10.8. The molecule has 0 spiro atoms. The summed E-state index contributed by atoms with van der Waals surface area (Å²) in [5.74, 6) is 0.0243. The maximum Gasteiger partial charge on any atom is 0.224 e. The van der Waals surface area contributed by atoms with Gasteiger partial charge in [-0.05, 0) is 12.1 Å². The molecule has 1 N–H and O–H groups in total. The largest absolute Gasteiger partial charge is 0.326 e. The predicted octanol–water partition coefficient (Wildman–Crippen LogP) is 2.46. The zero-order chi connectivity index (χ0) is 10.1. The van der Waals surface area contributed by atoms with Crippen molar-refractivity contribution in [1.82, 2.24) is 4.98 Å². The molecule has 3 heteroatoms. The van der Waals surface area contributed by atoms with Crippen LogP contribution in [-0.4, -0.2) is 10.9 Å². The lowest BCUT2D eigenvalue weighted by Gasteiger charge is -2.00. The summed E-state index contributed by atoms with van der Waals surface area (Å²) in [4.78, 5) is 14.7. The number of amides is 1. The maximum atomic E-state index is 10.8. The highest BCUT2D eigenvalue weighted by atomic mass is 16.1. The molecule has 0 aliphatic rings. The molecule has 0 fully saturated rings. The lowest BCUT2D eigenvalue weighted by molar-refractivity contribution is -0.115. The molecule has 0 saturated carbocycles. The van der Waals surface area contributed by atoms with E-state index in [0.29, 0.717) is 6.42 Å². The minimum atomic E-state index is 0.0243. The smallest absolute Gasteiger partial charge is 0.224 e. The van der Waals surface area contributed by atoms with Crippen molar-refractivity contribution in [1.29, 1.82) is 0 Å². The second-order valence-corrected chi connectivity index (χ2v) is 2.14. The van der Waals surface area contributed by atoms with Crippen LogP contribution in [0.25, 0.3) is 0 Å². The van der Waals surface area contributed by atoms with Crippen LogP contribution in [0.4, 0.5) is 5.69 Å². The zero-order valence-electron chi connectivity index (χ0n) is 8.37. The fourth-order valence-corrected chi connectivity index (χ4v) is 0.685. The van der Waals surface area contributed by atoms with Crippen LogP contribution in [0.5, 0.6) is 0 Å². The molecule has 0 aromatic carbocycles. The Morgan fingerprint density at radius 2 is 1.92 bits per heavy atom. The zero-order valence-corrected chi connectivity index (χ0v) is 8.37.